The highest BCUT2D eigenvalue weighted by molar-refractivity contribution is 6.35. The minimum atomic E-state index is 0.0525. The Morgan fingerprint density at radius 1 is 1.38 bits per heavy atom. The molecule has 16 heavy (non-hydrogen) atoms. The molecule has 2 atom stereocenters. The zero-order valence-corrected chi connectivity index (χ0v) is 11.0. The van der Waals surface area contributed by atoms with Crippen LogP contribution < -0.4 is 5.32 Å². The SMILES string of the molecule is CCC(NC(C)CO)c1ccc(Cl)cc1Cl. The average Bonchev–Trinajstić information content (AvgIpc) is 2.26. The van der Waals surface area contributed by atoms with E-state index in [4.69, 9.17) is 28.3 Å². The highest BCUT2D eigenvalue weighted by Crippen LogP contribution is 2.28. The summed E-state index contributed by atoms with van der Waals surface area (Å²) < 4.78 is 0. The smallest absolute Gasteiger partial charge is 0.0582 e. The monoisotopic (exact) mass is 261 g/mol. The van der Waals surface area contributed by atoms with E-state index in [2.05, 4.69) is 12.2 Å². The highest BCUT2D eigenvalue weighted by Gasteiger charge is 2.14. The summed E-state index contributed by atoms with van der Waals surface area (Å²) in [7, 11) is 0. The number of rotatable bonds is 5. The van der Waals surface area contributed by atoms with Crippen LogP contribution in [0, 0.1) is 0 Å². The fourth-order valence-corrected chi connectivity index (χ4v) is 2.15. The summed E-state index contributed by atoms with van der Waals surface area (Å²) in [6.07, 6.45) is 0.908. The number of hydrogen-bond acceptors (Lipinski definition) is 2. The number of benzene rings is 1. The van der Waals surface area contributed by atoms with E-state index in [-0.39, 0.29) is 18.7 Å². The van der Waals surface area contributed by atoms with E-state index in [1.54, 1.807) is 6.07 Å². The van der Waals surface area contributed by atoms with E-state index in [0.717, 1.165) is 12.0 Å². The Morgan fingerprint density at radius 3 is 2.56 bits per heavy atom. The van der Waals surface area contributed by atoms with Gasteiger partial charge in [-0.25, -0.2) is 0 Å². The van der Waals surface area contributed by atoms with Gasteiger partial charge in [0.2, 0.25) is 0 Å². The van der Waals surface area contributed by atoms with E-state index in [1.165, 1.54) is 0 Å². The van der Waals surface area contributed by atoms with Crippen molar-refractivity contribution in [2.45, 2.75) is 32.4 Å². The Labute approximate surface area is 107 Å². The quantitative estimate of drug-likeness (QED) is 0.852. The van der Waals surface area contributed by atoms with Crippen molar-refractivity contribution in [2.24, 2.45) is 0 Å². The van der Waals surface area contributed by atoms with Gasteiger partial charge < -0.3 is 10.4 Å². The standard InChI is InChI=1S/C12H17Cl2NO/c1-3-12(15-8(2)7-16)10-5-4-9(13)6-11(10)14/h4-6,8,12,15-16H,3,7H2,1-2H3. The van der Waals surface area contributed by atoms with Gasteiger partial charge in [0.1, 0.15) is 0 Å². The lowest BCUT2D eigenvalue weighted by Gasteiger charge is -2.22. The maximum absolute atomic E-state index is 9.02. The minimum Gasteiger partial charge on any atom is -0.395 e. The lowest BCUT2D eigenvalue weighted by Crippen LogP contribution is -2.33. The molecule has 2 N–H and O–H groups in total. The molecule has 0 spiro atoms. The van der Waals surface area contributed by atoms with Gasteiger partial charge in [0.15, 0.2) is 0 Å². The van der Waals surface area contributed by atoms with Crippen LogP contribution in [0.25, 0.3) is 0 Å². The van der Waals surface area contributed by atoms with Gasteiger partial charge >= 0.3 is 0 Å². The second-order valence-electron chi connectivity index (χ2n) is 3.88. The molecule has 0 aromatic heterocycles. The third-order valence-electron chi connectivity index (χ3n) is 2.51. The maximum Gasteiger partial charge on any atom is 0.0582 e. The molecule has 0 fully saturated rings. The van der Waals surface area contributed by atoms with Crippen molar-refractivity contribution >= 4 is 23.2 Å². The van der Waals surface area contributed by atoms with Gasteiger partial charge in [0.25, 0.3) is 0 Å². The maximum atomic E-state index is 9.02. The van der Waals surface area contributed by atoms with Gasteiger partial charge in [-0.3, -0.25) is 0 Å². The predicted octanol–water partition coefficient (Wildman–Crippen LogP) is 3.41. The third kappa shape index (κ3) is 3.63. The molecular formula is C12H17Cl2NO. The van der Waals surface area contributed by atoms with E-state index in [9.17, 15) is 0 Å². The first-order chi connectivity index (χ1) is 7.58. The fraction of sp³-hybridized carbons (Fsp3) is 0.500. The molecule has 0 radical (unpaired) electrons. The van der Waals surface area contributed by atoms with Crippen LogP contribution in [0.1, 0.15) is 31.9 Å². The van der Waals surface area contributed by atoms with Gasteiger partial charge in [-0.15, -0.1) is 0 Å². The van der Waals surface area contributed by atoms with Crippen LogP contribution in [-0.2, 0) is 0 Å². The van der Waals surface area contributed by atoms with Gasteiger partial charge in [-0.05, 0) is 31.0 Å². The molecule has 1 rings (SSSR count). The molecule has 1 aromatic carbocycles. The molecule has 0 heterocycles. The van der Waals surface area contributed by atoms with Crippen molar-refractivity contribution in [1.29, 1.82) is 0 Å². The predicted molar refractivity (Wildman–Crippen MR) is 69.2 cm³/mol. The largest absolute Gasteiger partial charge is 0.395 e. The summed E-state index contributed by atoms with van der Waals surface area (Å²) in [5.41, 5.74) is 1.02. The Hall–Kier alpha value is -0.280. The molecule has 1 aromatic rings. The van der Waals surface area contributed by atoms with Crippen molar-refractivity contribution in [3.05, 3.63) is 33.8 Å². The third-order valence-corrected chi connectivity index (χ3v) is 3.07. The summed E-state index contributed by atoms with van der Waals surface area (Å²) in [5, 5.41) is 13.6. The number of halogens is 2. The summed E-state index contributed by atoms with van der Waals surface area (Å²) in [5.74, 6) is 0. The minimum absolute atomic E-state index is 0.0525. The molecule has 0 saturated carbocycles. The summed E-state index contributed by atoms with van der Waals surface area (Å²) in [6, 6.07) is 5.70. The Kier molecular flexibility index (Phi) is 5.56. The van der Waals surface area contributed by atoms with Crippen LogP contribution in [0.15, 0.2) is 18.2 Å². The molecule has 0 bridgehead atoms. The van der Waals surface area contributed by atoms with Crippen LogP contribution in [0.4, 0.5) is 0 Å². The first kappa shape index (κ1) is 13.8. The summed E-state index contributed by atoms with van der Waals surface area (Å²) in [4.78, 5) is 0. The normalized spacial score (nSPS) is 14.8. The molecule has 0 aliphatic rings. The second kappa shape index (κ2) is 6.45. The van der Waals surface area contributed by atoms with E-state index in [0.29, 0.717) is 10.0 Å². The number of nitrogens with one attached hydrogen (secondary N) is 1. The average molecular weight is 262 g/mol. The van der Waals surface area contributed by atoms with Crippen molar-refractivity contribution in [2.75, 3.05) is 6.61 Å². The van der Waals surface area contributed by atoms with Gasteiger partial charge in [-0.2, -0.15) is 0 Å². The van der Waals surface area contributed by atoms with Gasteiger partial charge in [0.05, 0.1) is 6.61 Å². The number of hydrogen-bond donors (Lipinski definition) is 2. The van der Waals surface area contributed by atoms with Crippen LogP contribution in [-0.4, -0.2) is 17.8 Å². The molecule has 90 valence electrons. The summed E-state index contributed by atoms with van der Waals surface area (Å²) in [6.45, 7) is 4.13. The highest BCUT2D eigenvalue weighted by atomic mass is 35.5. The number of aliphatic hydroxyl groups is 1. The summed E-state index contributed by atoms with van der Waals surface area (Å²) >= 11 is 12.0. The molecule has 4 heteroatoms. The van der Waals surface area contributed by atoms with Gasteiger partial charge in [0, 0.05) is 22.1 Å². The van der Waals surface area contributed by atoms with Crippen molar-refractivity contribution in [1.82, 2.24) is 5.32 Å². The lowest BCUT2D eigenvalue weighted by molar-refractivity contribution is 0.239. The first-order valence-corrected chi connectivity index (χ1v) is 6.16. The molecule has 0 aliphatic heterocycles. The Morgan fingerprint density at radius 2 is 2.06 bits per heavy atom. The second-order valence-corrected chi connectivity index (χ2v) is 4.72. The molecule has 2 unspecified atom stereocenters. The van der Waals surface area contributed by atoms with Crippen LogP contribution in [0.3, 0.4) is 0 Å². The van der Waals surface area contributed by atoms with E-state index < -0.39 is 0 Å². The molecule has 0 amide bonds. The number of aliphatic hydroxyl groups excluding tert-OH is 1. The molecule has 0 saturated heterocycles. The topological polar surface area (TPSA) is 32.3 Å². The van der Waals surface area contributed by atoms with Crippen molar-refractivity contribution in [3.63, 3.8) is 0 Å². The molecule has 0 aliphatic carbocycles. The molecular weight excluding hydrogens is 245 g/mol. The van der Waals surface area contributed by atoms with Crippen LogP contribution in [0.2, 0.25) is 10.0 Å². The zero-order chi connectivity index (χ0) is 12.1. The van der Waals surface area contributed by atoms with E-state index >= 15 is 0 Å². The Bertz CT molecular complexity index is 344. The van der Waals surface area contributed by atoms with Gasteiger partial charge in [-0.1, -0.05) is 36.2 Å². The lowest BCUT2D eigenvalue weighted by atomic mass is 10.0. The first-order valence-electron chi connectivity index (χ1n) is 5.40. The molecule has 2 nitrogen and oxygen atoms in total. The van der Waals surface area contributed by atoms with Crippen LogP contribution in [0.5, 0.6) is 0 Å². The Balaban J connectivity index is 2.86. The fourth-order valence-electron chi connectivity index (χ4n) is 1.61. The van der Waals surface area contributed by atoms with Crippen LogP contribution >= 0.6 is 23.2 Å². The van der Waals surface area contributed by atoms with E-state index in [1.807, 2.05) is 19.1 Å². The van der Waals surface area contributed by atoms with Crippen molar-refractivity contribution in [3.8, 4) is 0 Å². The van der Waals surface area contributed by atoms with Crippen molar-refractivity contribution < 1.29 is 5.11 Å². The zero-order valence-electron chi connectivity index (χ0n) is 9.50.